The predicted octanol–water partition coefficient (Wildman–Crippen LogP) is 2.64. The minimum Gasteiger partial charge on any atom is -0.497 e. The number of methoxy groups -OCH3 is 1. The molecule has 0 aliphatic rings. The third-order valence-corrected chi connectivity index (χ3v) is 2.80. The van der Waals surface area contributed by atoms with Gasteiger partial charge in [0.15, 0.2) is 0 Å². The van der Waals surface area contributed by atoms with Crippen molar-refractivity contribution in [2.45, 2.75) is 0 Å². The van der Waals surface area contributed by atoms with Crippen molar-refractivity contribution in [2.24, 2.45) is 0 Å². The Labute approximate surface area is 122 Å². The summed E-state index contributed by atoms with van der Waals surface area (Å²) in [7, 11) is 1.60. The highest BCUT2D eigenvalue weighted by atomic mass is 19.1. The third-order valence-electron chi connectivity index (χ3n) is 2.80. The van der Waals surface area contributed by atoms with E-state index in [1.807, 2.05) is 0 Å². The van der Waals surface area contributed by atoms with Crippen molar-refractivity contribution < 1.29 is 18.7 Å². The topological polar surface area (TPSA) is 47.6 Å². The fraction of sp³-hybridized carbons (Fsp3) is 0.188. The van der Waals surface area contributed by atoms with E-state index in [-0.39, 0.29) is 5.91 Å². The molecule has 1 N–H and O–H groups in total. The molecule has 21 heavy (non-hydrogen) atoms. The summed E-state index contributed by atoms with van der Waals surface area (Å²) in [4.78, 5) is 11.7. The van der Waals surface area contributed by atoms with Gasteiger partial charge in [0.05, 0.1) is 13.7 Å². The van der Waals surface area contributed by atoms with Gasteiger partial charge in [0.1, 0.15) is 23.9 Å². The first kappa shape index (κ1) is 14.8. The number of benzene rings is 2. The van der Waals surface area contributed by atoms with Gasteiger partial charge in [-0.1, -0.05) is 6.07 Å². The van der Waals surface area contributed by atoms with E-state index in [2.05, 4.69) is 5.32 Å². The minimum atomic E-state index is -0.433. The molecular formula is C16H16FNO3. The lowest BCUT2D eigenvalue weighted by molar-refractivity contribution is 0.0946. The maximum Gasteiger partial charge on any atom is 0.251 e. The van der Waals surface area contributed by atoms with Crippen LogP contribution in [-0.4, -0.2) is 26.2 Å². The molecular weight excluding hydrogens is 273 g/mol. The molecule has 0 fully saturated rings. The molecule has 0 unspecified atom stereocenters. The van der Waals surface area contributed by atoms with Crippen LogP contribution < -0.4 is 14.8 Å². The van der Waals surface area contributed by atoms with Gasteiger partial charge in [-0.3, -0.25) is 4.79 Å². The molecule has 0 aliphatic carbocycles. The van der Waals surface area contributed by atoms with Gasteiger partial charge in [0.25, 0.3) is 5.91 Å². The number of rotatable bonds is 6. The van der Waals surface area contributed by atoms with Gasteiger partial charge in [-0.25, -0.2) is 4.39 Å². The van der Waals surface area contributed by atoms with Crippen molar-refractivity contribution in [1.82, 2.24) is 5.32 Å². The highest BCUT2D eigenvalue weighted by molar-refractivity contribution is 5.94. The zero-order valence-electron chi connectivity index (χ0n) is 11.6. The van der Waals surface area contributed by atoms with E-state index in [0.717, 1.165) is 5.75 Å². The van der Waals surface area contributed by atoms with E-state index in [0.29, 0.717) is 24.5 Å². The Morgan fingerprint density at radius 3 is 2.52 bits per heavy atom. The largest absolute Gasteiger partial charge is 0.497 e. The number of hydrogen-bond donors (Lipinski definition) is 1. The van der Waals surface area contributed by atoms with Gasteiger partial charge < -0.3 is 14.8 Å². The normalized spacial score (nSPS) is 10.0. The third kappa shape index (κ3) is 4.49. The Morgan fingerprint density at radius 1 is 1.14 bits per heavy atom. The van der Waals surface area contributed by atoms with Gasteiger partial charge in [-0.15, -0.1) is 0 Å². The smallest absolute Gasteiger partial charge is 0.251 e. The second kappa shape index (κ2) is 7.28. The van der Waals surface area contributed by atoms with Crippen LogP contribution in [0.25, 0.3) is 0 Å². The lowest BCUT2D eigenvalue weighted by atomic mass is 10.2. The Kier molecular flexibility index (Phi) is 5.15. The first-order valence-electron chi connectivity index (χ1n) is 6.49. The number of ether oxygens (including phenoxy) is 2. The maximum atomic E-state index is 13.0. The predicted molar refractivity (Wildman–Crippen MR) is 77.2 cm³/mol. The molecule has 4 nitrogen and oxygen atoms in total. The Morgan fingerprint density at radius 2 is 1.86 bits per heavy atom. The second-order valence-electron chi connectivity index (χ2n) is 4.29. The minimum absolute atomic E-state index is 0.291. The molecule has 0 aliphatic heterocycles. The molecule has 0 radical (unpaired) electrons. The van der Waals surface area contributed by atoms with Crippen molar-refractivity contribution in [3.8, 4) is 11.5 Å². The van der Waals surface area contributed by atoms with E-state index in [1.54, 1.807) is 37.4 Å². The van der Waals surface area contributed by atoms with Gasteiger partial charge in [0.2, 0.25) is 0 Å². The van der Waals surface area contributed by atoms with Crippen molar-refractivity contribution in [3.05, 3.63) is 59.9 Å². The molecule has 0 atom stereocenters. The van der Waals surface area contributed by atoms with Crippen LogP contribution in [0.15, 0.2) is 48.5 Å². The number of amides is 1. The average Bonchev–Trinajstić information content (AvgIpc) is 2.52. The molecule has 0 saturated carbocycles. The lowest BCUT2D eigenvalue weighted by Gasteiger charge is -2.08. The molecule has 0 bridgehead atoms. The van der Waals surface area contributed by atoms with Crippen LogP contribution >= 0.6 is 0 Å². The average molecular weight is 289 g/mol. The fourth-order valence-corrected chi connectivity index (χ4v) is 1.74. The quantitative estimate of drug-likeness (QED) is 0.832. The summed E-state index contributed by atoms with van der Waals surface area (Å²) in [6, 6.07) is 12.7. The van der Waals surface area contributed by atoms with Crippen LogP contribution in [-0.2, 0) is 0 Å². The number of carbonyl (C=O) groups is 1. The molecule has 0 heterocycles. The second-order valence-corrected chi connectivity index (χ2v) is 4.29. The lowest BCUT2D eigenvalue weighted by Crippen LogP contribution is -2.28. The van der Waals surface area contributed by atoms with E-state index in [1.165, 1.54) is 18.2 Å². The molecule has 0 saturated heterocycles. The summed E-state index contributed by atoms with van der Waals surface area (Å²) in [5, 5.41) is 2.66. The van der Waals surface area contributed by atoms with Crippen LogP contribution in [0.1, 0.15) is 10.4 Å². The number of nitrogens with one attached hydrogen (secondary N) is 1. The van der Waals surface area contributed by atoms with Crippen LogP contribution in [0.3, 0.4) is 0 Å². The van der Waals surface area contributed by atoms with Crippen LogP contribution in [0.2, 0.25) is 0 Å². The standard InChI is InChI=1S/C16H16FNO3/c1-20-14-5-7-15(8-6-14)21-10-9-18-16(19)12-3-2-4-13(17)11-12/h2-8,11H,9-10H2,1H3,(H,18,19). The van der Waals surface area contributed by atoms with Gasteiger partial charge in [-0.2, -0.15) is 0 Å². The Bertz CT molecular complexity index is 599. The molecule has 0 aromatic heterocycles. The highest BCUT2D eigenvalue weighted by Gasteiger charge is 2.05. The fourth-order valence-electron chi connectivity index (χ4n) is 1.74. The monoisotopic (exact) mass is 289 g/mol. The van der Waals surface area contributed by atoms with Crippen LogP contribution in [0, 0.1) is 5.82 Å². The van der Waals surface area contributed by atoms with Crippen molar-refractivity contribution in [2.75, 3.05) is 20.3 Å². The zero-order valence-corrected chi connectivity index (χ0v) is 11.6. The Hall–Kier alpha value is -2.56. The summed E-state index contributed by atoms with van der Waals surface area (Å²) >= 11 is 0. The highest BCUT2D eigenvalue weighted by Crippen LogP contribution is 2.16. The first-order chi connectivity index (χ1) is 10.2. The Balaban J connectivity index is 1.75. The summed E-state index contributed by atoms with van der Waals surface area (Å²) in [6.45, 7) is 0.661. The van der Waals surface area contributed by atoms with E-state index in [4.69, 9.17) is 9.47 Å². The zero-order chi connectivity index (χ0) is 15.1. The van der Waals surface area contributed by atoms with Crippen LogP contribution in [0.4, 0.5) is 4.39 Å². The van der Waals surface area contributed by atoms with Gasteiger partial charge in [0, 0.05) is 5.56 Å². The summed E-state index contributed by atoms with van der Waals surface area (Å²) in [5.74, 6) is 0.683. The first-order valence-corrected chi connectivity index (χ1v) is 6.49. The van der Waals surface area contributed by atoms with E-state index in [9.17, 15) is 9.18 Å². The molecule has 110 valence electrons. The summed E-state index contributed by atoms with van der Waals surface area (Å²) in [5.41, 5.74) is 0.291. The van der Waals surface area contributed by atoms with E-state index < -0.39 is 5.82 Å². The number of carbonyl (C=O) groups excluding carboxylic acids is 1. The molecule has 0 spiro atoms. The summed E-state index contributed by atoms with van der Waals surface area (Å²) < 4.78 is 23.5. The molecule has 5 heteroatoms. The van der Waals surface area contributed by atoms with Crippen LogP contribution in [0.5, 0.6) is 11.5 Å². The molecule has 2 aromatic carbocycles. The summed E-state index contributed by atoms with van der Waals surface area (Å²) in [6.07, 6.45) is 0. The molecule has 1 amide bonds. The van der Waals surface area contributed by atoms with Gasteiger partial charge in [-0.05, 0) is 42.5 Å². The molecule has 2 aromatic rings. The van der Waals surface area contributed by atoms with Crippen molar-refractivity contribution in [3.63, 3.8) is 0 Å². The van der Waals surface area contributed by atoms with Crippen molar-refractivity contribution >= 4 is 5.91 Å². The number of halogens is 1. The molecule has 2 rings (SSSR count). The maximum absolute atomic E-state index is 13.0. The van der Waals surface area contributed by atoms with Gasteiger partial charge >= 0.3 is 0 Å². The number of hydrogen-bond acceptors (Lipinski definition) is 3. The van der Waals surface area contributed by atoms with E-state index >= 15 is 0 Å². The van der Waals surface area contributed by atoms with Crippen molar-refractivity contribution in [1.29, 1.82) is 0 Å². The SMILES string of the molecule is COc1ccc(OCCNC(=O)c2cccc(F)c2)cc1.